The van der Waals surface area contributed by atoms with Gasteiger partial charge in [0, 0.05) is 34.6 Å². The molecule has 0 amide bonds. The first-order valence-corrected chi connectivity index (χ1v) is 8.67. The molecule has 2 heterocycles. The van der Waals surface area contributed by atoms with E-state index < -0.39 is 0 Å². The summed E-state index contributed by atoms with van der Waals surface area (Å²) in [5.74, 6) is 0.332. The van der Waals surface area contributed by atoms with Crippen molar-refractivity contribution in [3.8, 4) is 5.75 Å². The van der Waals surface area contributed by atoms with Crippen LogP contribution in [0.5, 0.6) is 5.75 Å². The normalized spacial score (nSPS) is 14.3. The molecule has 1 aliphatic heterocycles. The highest BCUT2D eigenvalue weighted by Gasteiger charge is 2.24. The van der Waals surface area contributed by atoms with E-state index in [1.54, 1.807) is 19.1 Å². The Balaban J connectivity index is 1.75. The van der Waals surface area contributed by atoms with E-state index in [1.165, 1.54) is 6.07 Å². The van der Waals surface area contributed by atoms with Gasteiger partial charge in [-0.25, -0.2) is 9.18 Å². The number of rotatable bonds is 2. The molecule has 4 nitrogen and oxygen atoms in total. The second kappa shape index (κ2) is 6.41. The Morgan fingerprint density at radius 3 is 2.77 bits per heavy atom. The molecule has 1 aromatic heterocycles. The van der Waals surface area contributed by atoms with Gasteiger partial charge >= 0.3 is 5.63 Å². The lowest BCUT2D eigenvalue weighted by molar-refractivity contribution is 0.0880. The molecule has 4 rings (SSSR count). The van der Waals surface area contributed by atoms with Crippen molar-refractivity contribution in [2.75, 3.05) is 6.73 Å². The van der Waals surface area contributed by atoms with E-state index in [0.717, 1.165) is 16.5 Å². The van der Waals surface area contributed by atoms with Crippen LogP contribution in [0.15, 0.2) is 39.5 Å². The van der Waals surface area contributed by atoms with E-state index in [1.807, 2.05) is 24.0 Å². The predicted molar refractivity (Wildman–Crippen MR) is 98.1 cm³/mol. The van der Waals surface area contributed by atoms with Gasteiger partial charge in [0.2, 0.25) is 0 Å². The van der Waals surface area contributed by atoms with Gasteiger partial charge in [-0.1, -0.05) is 17.7 Å². The van der Waals surface area contributed by atoms with Crippen LogP contribution in [0.1, 0.15) is 22.3 Å². The molecule has 0 bridgehead atoms. The molecular formula is C20H17ClFNO3. The summed E-state index contributed by atoms with van der Waals surface area (Å²) in [4.78, 5) is 14.0. The fraction of sp³-hybridized carbons (Fsp3) is 0.250. The summed E-state index contributed by atoms with van der Waals surface area (Å²) < 4.78 is 25.5. The van der Waals surface area contributed by atoms with Gasteiger partial charge < -0.3 is 9.15 Å². The van der Waals surface area contributed by atoms with Gasteiger partial charge in [0.1, 0.15) is 23.9 Å². The number of hydrogen-bond acceptors (Lipinski definition) is 4. The van der Waals surface area contributed by atoms with Crippen molar-refractivity contribution in [2.45, 2.75) is 26.9 Å². The molecule has 3 aromatic rings. The molecule has 0 aliphatic carbocycles. The maximum Gasteiger partial charge on any atom is 0.339 e. The lowest BCUT2D eigenvalue weighted by Gasteiger charge is -2.29. The van der Waals surface area contributed by atoms with Crippen LogP contribution in [0.2, 0.25) is 5.02 Å². The number of hydrogen-bond donors (Lipinski definition) is 0. The average Bonchev–Trinajstić information content (AvgIpc) is 2.63. The Bertz CT molecular complexity index is 1060. The van der Waals surface area contributed by atoms with Crippen LogP contribution in [0.4, 0.5) is 4.39 Å². The molecule has 0 saturated carbocycles. The lowest BCUT2D eigenvalue weighted by atomic mass is 10.0. The highest BCUT2D eigenvalue weighted by atomic mass is 35.5. The first-order valence-electron chi connectivity index (χ1n) is 8.29. The molecule has 0 spiro atoms. The van der Waals surface area contributed by atoms with Crippen molar-refractivity contribution >= 4 is 22.6 Å². The molecule has 0 N–H and O–H groups in total. The third-order valence-electron chi connectivity index (χ3n) is 4.91. The molecule has 0 saturated heterocycles. The molecule has 134 valence electrons. The molecule has 26 heavy (non-hydrogen) atoms. The van der Waals surface area contributed by atoms with Gasteiger partial charge in [-0.2, -0.15) is 0 Å². The second-order valence-corrected chi connectivity index (χ2v) is 6.93. The van der Waals surface area contributed by atoms with Crippen LogP contribution in [0.25, 0.3) is 11.0 Å². The summed E-state index contributed by atoms with van der Waals surface area (Å²) in [6.45, 7) is 4.74. The number of ether oxygens (including phenoxy) is 1. The van der Waals surface area contributed by atoms with E-state index >= 15 is 0 Å². The average molecular weight is 374 g/mol. The highest BCUT2D eigenvalue weighted by Crippen LogP contribution is 2.34. The summed E-state index contributed by atoms with van der Waals surface area (Å²) in [6.07, 6.45) is 0. The van der Waals surface area contributed by atoms with E-state index in [2.05, 4.69) is 0 Å². The van der Waals surface area contributed by atoms with Crippen LogP contribution < -0.4 is 10.4 Å². The van der Waals surface area contributed by atoms with Crippen molar-refractivity contribution in [3.05, 3.63) is 73.8 Å². The quantitative estimate of drug-likeness (QED) is 0.618. The molecular weight excluding hydrogens is 357 g/mol. The number of nitrogens with zero attached hydrogens (tertiary/aromatic N) is 1. The smallest absolute Gasteiger partial charge is 0.339 e. The largest absolute Gasteiger partial charge is 0.478 e. The van der Waals surface area contributed by atoms with Crippen LogP contribution >= 0.6 is 11.6 Å². The summed E-state index contributed by atoms with van der Waals surface area (Å²) in [5, 5.41) is 1.27. The van der Waals surface area contributed by atoms with Crippen LogP contribution in [-0.4, -0.2) is 11.6 Å². The SMILES string of the molecule is Cc1c(C)c2ccc3c(c2oc1=O)CN(Cc1c(F)cccc1Cl)CO3. The molecule has 0 unspecified atom stereocenters. The van der Waals surface area contributed by atoms with Crippen LogP contribution in [0.3, 0.4) is 0 Å². The molecule has 1 aliphatic rings. The van der Waals surface area contributed by atoms with Crippen molar-refractivity contribution in [3.63, 3.8) is 0 Å². The number of halogens is 2. The second-order valence-electron chi connectivity index (χ2n) is 6.52. The number of fused-ring (bicyclic) bond motifs is 3. The summed E-state index contributed by atoms with van der Waals surface area (Å²) >= 11 is 6.14. The fourth-order valence-electron chi connectivity index (χ4n) is 3.27. The molecule has 0 fully saturated rings. The van der Waals surface area contributed by atoms with Crippen molar-refractivity contribution < 1.29 is 13.5 Å². The molecule has 0 atom stereocenters. The summed E-state index contributed by atoms with van der Waals surface area (Å²) in [7, 11) is 0. The fourth-order valence-corrected chi connectivity index (χ4v) is 3.49. The standard InChI is InChI=1S/C20H17ClFNO3/c1-11-12(2)20(24)26-19-13(11)6-7-18-15(19)9-23(10-25-18)8-14-16(21)4-3-5-17(14)22/h3-7H,8-10H2,1-2H3. The lowest BCUT2D eigenvalue weighted by Crippen LogP contribution is -2.32. The van der Waals surface area contributed by atoms with Crippen molar-refractivity contribution in [1.82, 2.24) is 4.90 Å². The number of benzene rings is 2. The Kier molecular flexibility index (Phi) is 4.21. The summed E-state index contributed by atoms with van der Waals surface area (Å²) in [6, 6.07) is 8.43. The first-order chi connectivity index (χ1) is 12.5. The maximum atomic E-state index is 14.1. The van der Waals surface area contributed by atoms with Crippen LogP contribution in [0, 0.1) is 19.7 Å². The third-order valence-corrected chi connectivity index (χ3v) is 5.27. The van der Waals surface area contributed by atoms with Gasteiger partial charge in [-0.15, -0.1) is 0 Å². The molecule has 0 radical (unpaired) electrons. The van der Waals surface area contributed by atoms with E-state index in [-0.39, 0.29) is 11.4 Å². The van der Waals surface area contributed by atoms with Gasteiger partial charge in [0.05, 0.1) is 5.56 Å². The zero-order valence-corrected chi connectivity index (χ0v) is 15.2. The van der Waals surface area contributed by atoms with E-state index in [9.17, 15) is 9.18 Å². The minimum Gasteiger partial charge on any atom is -0.478 e. The van der Waals surface area contributed by atoms with Gasteiger partial charge in [0.15, 0.2) is 0 Å². The van der Waals surface area contributed by atoms with Gasteiger partial charge in [-0.05, 0) is 43.7 Å². The van der Waals surface area contributed by atoms with Crippen molar-refractivity contribution in [1.29, 1.82) is 0 Å². The monoisotopic (exact) mass is 373 g/mol. The maximum absolute atomic E-state index is 14.1. The Morgan fingerprint density at radius 1 is 1.19 bits per heavy atom. The predicted octanol–water partition coefficient (Wildman–Crippen LogP) is 4.55. The Morgan fingerprint density at radius 2 is 2.00 bits per heavy atom. The minimum absolute atomic E-state index is 0.302. The topological polar surface area (TPSA) is 42.7 Å². The van der Waals surface area contributed by atoms with E-state index in [0.29, 0.717) is 47.3 Å². The van der Waals surface area contributed by atoms with E-state index in [4.69, 9.17) is 20.8 Å². The highest BCUT2D eigenvalue weighted by molar-refractivity contribution is 6.31. The Labute approximate surface area is 154 Å². The first kappa shape index (κ1) is 17.1. The zero-order chi connectivity index (χ0) is 18.4. The molecule has 6 heteroatoms. The van der Waals surface area contributed by atoms with Crippen molar-refractivity contribution in [2.24, 2.45) is 0 Å². The Hall–Kier alpha value is -2.37. The molecule has 2 aromatic carbocycles. The zero-order valence-electron chi connectivity index (χ0n) is 14.4. The van der Waals surface area contributed by atoms with Crippen LogP contribution in [-0.2, 0) is 13.1 Å². The number of aryl methyl sites for hydroxylation is 1. The van der Waals surface area contributed by atoms with Gasteiger partial charge in [0.25, 0.3) is 0 Å². The summed E-state index contributed by atoms with van der Waals surface area (Å²) in [5.41, 5.74) is 2.89. The minimum atomic E-state index is -0.349. The third kappa shape index (κ3) is 2.77. The van der Waals surface area contributed by atoms with Gasteiger partial charge in [-0.3, -0.25) is 4.90 Å².